The van der Waals surface area contributed by atoms with Gasteiger partial charge in [0, 0.05) is 19.3 Å². The van der Waals surface area contributed by atoms with E-state index >= 15 is 0 Å². The first kappa shape index (κ1) is 13.6. The van der Waals surface area contributed by atoms with Crippen molar-refractivity contribution in [2.24, 2.45) is 0 Å². The van der Waals surface area contributed by atoms with Crippen molar-refractivity contribution < 1.29 is 4.74 Å². The average molecular weight is 336 g/mol. The molecule has 1 saturated heterocycles. The Labute approximate surface area is 127 Å². The number of piperidine rings is 1. The van der Waals surface area contributed by atoms with Gasteiger partial charge in [-0.15, -0.1) is 0 Å². The van der Waals surface area contributed by atoms with E-state index in [4.69, 9.17) is 4.74 Å². The first-order valence-electron chi connectivity index (χ1n) is 6.86. The van der Waals surface area contributed by atoms with Gasteiger partial charge in [-0.3, -0.25) is 0 Å². The Kier molecular flexibility index (Phi) is 4.08. The largest absolute Gasteiger partial charge is 0.490 e. The van der Waals surface area contributed by atoms with Crippen LogP contribution in [0.3, 0.4) is 0 Å². The second-order valence-corrected chi connectivity index (χ2v) is 6.13. The second kappa shape index (κ2) is 5.97. The Morgan fingerprint density at radius 3 is 2.50 bits per heavy atom. The van der Waals surface area contributed by atoms with Gasteiger partial charge in [-0.1, -0.05) is 0 Å². The van der Waals surface area contributed by atoms with Gasteiger partial charge in [0.2, 0.25) is 0 Å². The molecule has 0 unspecified atom stereocenters. The molecule has 3 rings (SSSR count). The summed E-state index contributed by atoms with van der Waals surface area (Å²) in [4.78, 5) is 2.35. The van der Waals surface area contributed by atoms with E-state index in [-0.39, 0.29) is 0 Å². The molecule has 0 aliphatic carbocycles. The fraction of sp³-hybridized carbons (Fsp3) is 0.400. The molecule has 1 aromatic carbocycles. The van der Waals surface area contributed by atoms with Crippen LogP contribution in [0.4, 0.5) is 0 Å². The normalized spacial score (nSPS) is 17.3. The number of aromatic nitrogens is 2. The van der Waals surface area contributed by atoms with Crippen molar-refractivity contribution in [3.05, 3.63) is 41.1 Å². The van der Waals surface area contributed by atoms with Crippen LogP contribution in [0.2, 0.25) is 0 Å². The van der Waals surface area contributed by atoms with Crippen molar-refractivity contribution in [2.45, 2.75) is 18.9 Å². The van der Waals surface area contributed by atoms with E-state index in [0.717, 1.165) is 41.8 Å². The number of hydrogen-bond donors (Lipinski definition) is 0. The van der Waals surface area contributed by atoms with Crippen LogP contribution >= 0.6 is 15.9 Å². The van der Waals surface area contributed by atoms with Crippen LogP contribution in [-0.2, 0) is 0 Å². The maximum Gasteiger partial charge on any atom is 0.119 e. The van der Waals surface area contributed by atoms with Crippen molar-refractivity contribution in [1.82, 2.24) is 14.7 Å². The minimum atomic E-state index is 0.343. The number of halogens is 1. The van der Waals surface area contributed by atoms with Gasteiger partial charge < -0.3 is 9.64 Å². The SMILES string of the molecule is CN1CCC(Oc2ccc(-n3cc(Br)cn3)cc2)CC1. The van der Waals surface area contributed by atoms with Gasteiger partial charge in [0.05, 0.1) is 16.4 Å². The van der Waals surface area contributed by atoms with Crippen molar-refractivity contribution in [2.75, 3.05) is 20.1 Å². The molecular weight excluding hydrogens is 318 g/mol. The number of nitrogens with zero attached hydrogens (tertiary/aromatic N) is 3. The molecule has 0 spiro atoms. The van der Waals surface area contributed by atoms with Gasteiger partial charge in [0.15, 0.2) is 0 Å². The first-order valence-corrected chi connectivity index (χ1v) is 7.66. The summed E-state index contributed by atoms with van der Waals surface area (Å²) in [7, 11) is 2.16. The lowest BCUT2D eigenvalue weighted by Gasteiger charge is -2.29. The van der Waals surface area contributed by atoms with E-state index in [1.165, 1.54) is 0 Å². The molecule has 106 valence electrons. The fourth-order valence-corrected chi connectivity index (χ4v) is 2.70. The van der Waals surface area contributed by atoms with E-state index in [1.54, 1.807) is 6.20 Å². The Hall–Kier alpha value is -1.33. The summed E-state index contributed by atoms with van der Waals surface area (Å²) in [5.74, 6) is 0.939. The zero-order chi connectivity index (χ0) is 13.9. The minimum absolute atomic E-state index is 0.343. The van der Waals surface area contributed by atoms with Crippen LogP contribution in [0.5, 0.6) is 5.75 Å². The van der Waals surface area contributed by atoms with Gasteiger partial charge in [0.25, 0.3) is 0 Å². The number of ether oxygens (including phenoxy) is 1. The molecule has 0 atom stereocenters. The predicted octanol–water partition coefficient (Wildman–Crippen LogP) is 3.11. The molecule has 20 heavy (non-hydrogen) atoms. The molecule has 0 N–H and O–H groups in total. The summed E-state index contributed by atoms with van der Waals surface area (Å²) in [5.41, 5.74) is 1.03. The van der Waals surface area contributed by atoms with Gasteiger partial charge in [0.1, 0.15) is 11.9 Å². The molecule has 0 amide bonds. The molecule has 2 heterocycles. The maximum absolute atomic E-state index is 6.03. The quantitative estimate of drug-likeness (QED) is 0.863. The Balaban J connectivity index is 1.64. The van der Waals surface area contributed by atoms with E-state index in [9.17, 15) is 0 Å². The summed E-state index contributed by atoms with van der Waals surface area (Å²) in [6.07, 6.45) is 6.26. The molecule has 5 heteroatoms. The van der Waals surface area contributed by atoms with Gasteiger partial charge >= 0.3 is 0 Å². The molecule has 1 aliphatic rings. The highest BCUT2D eigenvalue weighted by Gasteiger charge is 2.17. The zero-order valence-electron chi connectivity index (χ0n) is 11.5. The molecule has 1 aromatic heterocycles. The number of likely N-dealkylation sites (tertiary alicyclic amines) is 1. The molecule has 1 fully saturated rings. The smallest absolute Gasteiger partial charge is 0.119 e. The van der Waals surface area contributed by atoms with Crippen molar-refractivity contribution in [3.63, 3.8) is 0 Å². The van der Waals surface area contributed by atoms with Crippen LogP contribution in [0, 0.1) is 0 Å². The highest BCUT2D eigenvalue weighted by atomic mass is 79.9. The third-order valence-electron chi connectivity index (χ3n) is 3.62. The monoisotopic (exact) mass is 335 g/mol. The summed E-state index contributed by atoms with van der Waals surface area (Å²) in [6, 6.07) is 8.10. The molecule has 4 nitrogen and oxygen atoms in total. The van der Waals surface area contributed by atoms with Crippen LogP contribution in [-0.4, -0.2) is 40.9 Å². The molecule has 0 saturated carbocycles. The van der Waals surface area contributed by atoms with Crippen LogP contribution < -0.4 is 4.74 Å². The van der Waals surface area contributed by atoms with E-state index < -0.39 is 0 Å². The highest BCUT2D eigenvalue weighted by molar-refractivity contribution is 9.10. The standard InChI is InChI=1S/C15H18BrN3O/c1-18-8-6-15(7-9-18)20-14-4-2-13(3-5-14)19-11-12(16)10-17-19/h2-5,10-11,15H,6-9H2,1H3. The third-order valence-corrected chi connectivity index (χ3v) is 4.03. The van der Waals surface area contributed by atoms with E-state index in [0.29, 0.717) is 6.10 Å². The molecule has 1 aliphatic heterocycles. The van der Waals surface area contributed by atoms with Crippen LogP contribution in [0.1, 0.15) is 12.8 Å². The van der Waals surface area contributed by atoms with Gasteiger partial charge in [-0.05, 0) is 60.1 Å². The van der Waals surface area contributed by atoms with Crippen LogP contribution in [0.15, 0.2) is 41.1 Å². The predicted molar refractivity (Wildman–Crippen MR) is 82.4 cm³/mol. The lowest BCUT2D eigenvalue weighted by Crippen LogP contribution is -2.35. The lowest BCUT2D eigenvalue weighted by atomic mass is 10.1. The third kappa shape index (κ3) is 3.22. The first-order chi connectivity index (χ1) is 9.70. The Morgan fingerprint density at radius 1 is 1.20 bits per heavy atom. The van der Waals surface area contributed by atoms with Crippen molar-refractivity contribution in [1.29, 1.82) is 0 Å². The van der Waals surface area contributed by atoms with Crippen molar-refractivity contribution in [3.8, 4) is 11.4 Å². The summed E-state index contributed by atoms with van der Waals surface area (Å²) >= 11 is 3.40. The molecule has 0 bridgehead atoms. The number of rotatable bonds is 3. The van der Waals surface area contributed by atoms with Gasteiger partial charge in [-0.25, -0.2) is 4.68 Å². The van der Waals surface area contributed by atoms with Crippen molar-refractivity contribution >= 4 is 15.9 Å². The lowest BCUT2D eigenvalue weighted by molar-refractivity contribution is 0.114. The summed E-state index contributed by atoms with van der Waals surface area (Å²) in [5, 5.41) is 4.26. The van der Waals surface area contributed by atoms with E-state index in [1.807, 2.05) is 35.1 Å². The van der Waals surface area contributed by atoms with Crippen LogP contribution in [0.25, 0.3) is 5.69 Å². The second-order valence-electron chi connectivity index (χ2n) is 5.22. The maximum atomic E-state index is 6.03. The molecule has 2 aromatic rings. The molecule has 0 radical (unpaired) electrons. The van der Waals surface area contributed by atoms with Gasteiger partial charge in [-0.2, -0.15) is 5.10 Å². The van der Waals surface area contributed by atoms with E-state index in [2.05, 4.69) is 33.0 Å². The fourth-order valence-electron chi connectivity index (χ4n) is 2.41. The highest BCUT2D eigenvalue weighted by Crippen LogP contribution is 2.20. The average Bonchev–Trinajstić information content (AvgIpc) is 2.89. The molecular formula is C15H18BrN3O. The number of hydrogen-bond acceptors (Lipinski definition) is 3. The summed E-state index contributed by atoms with van der Waals surface area (Å²) < 4.78 is 8.85. The Bertz CT molecular complexity index is 559. The zero-order valence-corrected chi connectivity index (χ0v) is 13.1. The minimum Gasteiger partial charge on any atom is -0.490 e. The Morgan fingerprint density at radius 2 is 1.90 bits per heavy atom. The number of benzene rings is 1. The topological polar surface area (TPSA) is 30.3 Å². The summed E-state index contributed by atoms with van der Waals surface area (Å²) in [6.45, 7) is 2.23.